The summed E-state index contributed by atoms with van der Waals surface area (Å²) in [5.41, 5.74) is -0.937. The largest absolute Gasteiger partial charge is 0.454 e. The van der Waals surface area contributed by atoms with Crippen molar-refractivity contribution in [3.8, 4) is 0 Å². The van der Waals surface area contributed by atoms with Crippen LogP contribution in [0.2, 0.25) is 0 Å². The minimum absolute atomic E-state index is 0.00326. The second-order valence-electron chi connectivity index (χ2n) is 7.14. The molecule has 0 bridgehead atoms. The summed E-state index contributed by atoms with van der Waals surface area (Å²) < 4.78 is 4.87. The number of urea groups is 1. The number of nitrogens with one attached hydrogen (secondary N) is 1. The lowest BCUT2D eigenvalue weighted by atomic mass is 9.73. The first kappa shape index (κ1) is 18.3. The van der Waals surface area contributed by atoms with Crippen molar-refractivity contribution in [1.82, 2.24) is 15.1 Å². The van der Waals surface area contributed by atoms with E-state index in [9.17, 15) is 24.0 Å². The van der Waals surface area contributed by atoms with Crippen molar-refractivity contribution >= 4 is 29.7 Å². The van der Waals surface area contributed by atoms with Crippen LogP contribution in [0.3, 0.4) is 0 Å². The number of carbonyl (C=O) groups is 5. The summed E-state index contributed by atoms with van der Waals surface area (Å²) >= 11 is 0. The molecule has 2 atom stereocenters. The van der Waals surface area contributed by atoms with Gasteiger partial charge in [0.15, 0.2) is 6.61 Å². The van der Waals surface area contributed by atoms with Crippen LogP contribution in [0.25, 0.3) is 0 Å². The third-order valence-electron chi connectivity index (χ3n) is 5.52. The minimum Gasteiger partial charge on any atom is -0.454 e. The Morgan fingerprint density at radius 1 is 1.23 bits per heavy atom. The Morgan fingerprint density at radius 2 is 2.00 bits per heavy atom. The lowest BCUT2D eigenvalue weighted by Gasteiger charge is -2.36. The first-order chi connectivity index (χ1) is 12.3. The van der Waals surface area contributed by atoms with Gasteiger partial charge in [0.1, 0.15) is 12.1 Å². The highest BCUT2D eigenvalue weighted by atomic mass is 16.5. The number of ether oxygens (including phenoxy) is 1. The average molecular weight is 365 g/mol. The molecule has 5 amide bonds. The van der Waals surface area contributed by atoms with Crippen molar-refractivity contribution < 1.29 is 28.7 Å². The number of likely N-dealkylation sites (tertiary alicyclic amines) is 1. The van der Waals surface area contributed by atoms with Crippen LogP contribution in [0, 0.1) is 5.92 Å². The second-order valence-corrected chi connectivity index (χ2v) is 7.14. The molecule has 142 valence electrons. The molecule has 2 unspecified atom stereocenters. The Morgan fingerprint density at radius 3 is 2.65 bits per heavy atom. The lowest BCUT2D eigenvalue weighted by Crippen LogP contribution is -2.54. The van der Waals surface area contributed by atoms with Crippen LogP contribution in [-0.4, -0.2) is 64.8 Å². The summed E-state index contributed by atoms with van der Waals surface area (Å²) in [5.74, 6) is -2.14. The first-order valence-electron chi connectivity index (χ1n) is 8.98. The fourth-order valence-corrected chi connectivity index (χ4v) is 3.95. The molecule has 1 saturated carbocycles. The molecule has 0 aromatic carbocycles. The van der Waals surface area contributed by atoms with E-state index in [1.807, 2.05) is 6.92 Å². The Bertz CT molecular complexity index is 663. The molecule has 26 heavy (non-hydrogen) atoms. The summed E-state index contributed by atoms with van der Waals surface area (Å²) in [6.45, 7) is 1.13. The fraction of sp³-hybridized carbons (Fsp3) is 0.706. The highest BCUT2D eigenvalue weighted by Crippen LogP contribution is 2.38. The number of imide groups is 2. The molecule has 0 radical (unpaired) electrons. The summed E-state index contributed by atoms with van der Waals surface area (Å²) in [7, 11) is 0. The molecular weight excluding hydrogens is 342 g/mol. The second kappa shape index (κ2) is 7.05. The van der Waals surface area contributed by atoms with Crippen LogP contribution in [0.15, 0.2) is 0 Å². The number of amides is 5. The van der Waals surface area contributed by atoms with Gasteiger partial charge in [-0.05, 0) is 25.2 Å². The van der Waals surface area contributed by atoms with Crippen molar-refractivity contribution in [3.05, 3.63) is 0 Å². The van der Waals surface area contributed by atoms with Gasteiger partial charge in [0.25, 0.3) is 11.8 Å². The predicted molar refractivity (Wildman–Crippen MR) is 87.5 cm³/mol. The van der Waals surface area contributed by atoms with Crippen LogP contribution in [0.4, 0.5) is 4.79 Å². The predicted octanol–water partition coefficient (Wildman–Crippen LogP) is 0.179. The number of hydrogen-bond donors (Lipinski definition) is 1. The Labute approximate surface area is 151 Å². The molecule has 1 N–H and O–H groups in total. The normalized spacial score (nSPS) is 28.7. The maximum atomic E-state index is 12.7. The van der Waals surface area contributed by atoms with Crippen molar-refractivity contribution in [1.29, 1.82) is 0 Å². The molecule has 3 rings (SSSR count). The highest BCUT2D eigenvalue weighted by molar-refractivity contribution is 6.09. The SMILES string of the molecule is CC1CCCCC12NC(=O)N(CC(=O)OCC(=O)N1CCCC1=O)C2=O. The molecule has 1 spiro atoms. The van der Waals surface area contributed by atoms with Gasteiger partial charge in [-0.25, -0.2) is 4.79 Å². The van der Waals surface area contributed by atoms with E-state index in [2.05, 4.69) is 5.32 Å². The van der Waals surface area contributed by atoms with Crippen molar-refractivity contribution in [2.45, 2.75) is 51.0 Å². The van der Waals surface area contributed by atoms with Crippen molar-refractivity contribution in [2.24, 2.45) is 5.92 Å². The summed E-state index contributed by atoms with van der Waals surface area (Å²) in [4.78, 5) is 62.2. The maximum Gasteiger partial charge on any atom is 0.326 e. The van der Waals surface area contributed by atoms with E-state index in [0.717, 1.165) is 29.1 Å². The van der Waals surface area contributed by atoms with Gasteiger partial charge in [0.2, 0.25) is 5.91 Å². The lowest BCUT2D eigenvalue weighted by molar-refractivity contribution is -0.156. The molecule has 3 fully saturated rings. The zero-order chi connectivity index (χ0) is 18.9. The van der Waals surface area contributed by atoms with Gasteiger partial charge < -0.3 is 10.1 Å². The van der Waals surface area contributed by atoms with Crippen molar-refractivity contribution in [2.75, 3.05) is 19.7 Å². The minimum atomic E-state index is -0.937. The van der Waals surface area contributed by atoms with Crippen LogP contribution in [0.5, 0.6) is 0 Å². The van der Waals surface area contributed by atoms with Gasteiger partial charge >= 0.3 is 12.0 Å². The zero-order valence-electron chi connectivity index (χ0n) is 14.8. The van der Waals surface area contributed by atoms with Crippen LogP contribution in [0.1, 0.15) is 45.4 Å². The molecular formula is C17H23N3O6. The fourth-order valence-electron chi connectivity index (χ4n) is 3.95. The van der Waals surface area contributed by atoms with Crippen molar-refractivity contribution in [3.63, 3.8) is 0 Å². The Balaban J connectivity index is 1.55. The van der Waals surface area contributed by atoms with Gasteiger partial charge in [-0.1, -0.05) is 19.8 Å². The Kier molecular flexibility index (Phi) is 4.97. The third-order valence-corrected chi connectivity index (χ3v) is 5.52. The third kappa shape index (κ3) is 3.17. The van der Waals surface area contributed by atoms with E-state index in [0.29, 0.717) is 25.8 Å². The summed E-state index contributed by atoms with van der Waals surface area (Å²) in [6.07, 6.45) is 4.14. The quantitative estimate of drug-likeness (QED) is 0.562. The van der Waals surface area contributed by atoms with Gasteiger partial charge in [-0.2, -0.15) is 0 Å². The number of rotatable bonds is 4. The molecule has 2 aliphatic heterocycles. The monoisotopic (exact) mass is 365 g/mol. The highest BCUT2D eigenvalue weighted by Gasteiger charge is 2.55. The Hall–Kier alpha value is -2.45. The van der Waals surface area contributed by atoms with E-state index in [1.54, 1.807) is 0 Å². The van der Waals surface area contributed by atoms with Gasteiger partial charge in [0, 0.05) is 13.0 Å². The molecule has 2 heterocycles. The van der Waals surface area contributed by atoms with Crippen LogP contribution in [-0.2, 0) is 23.9 Å². The zero-order valence-corrected chi connectivity index (χ0v) is 14.8. The molecule has 1 aliphatic carbocycles. The summed E-state index contributed by atoms with van der Waals surface area (Å²) in [6, 6.07) is -0.609. The first-order valence-corrected chi connectivity index (χ1v) is 8.98. The average Bonchev–Trinajstić information content (AvgIpc) is 3.13. The van der Waals surface area contributed by atoms with Crippen LogP contribution < -0.4 is 5.32 Å². The van der Waals surface area contributed by atoms with Crippen LogP contribution >= 0.6 is 0 Å². The van der Waals surface area contributed by atoms with E-state index in [-0.39, 0.29) is 11.8 Å². The number of nitrogens with zero attached hydrogens (tertiary/aromatic N) is 2. The number of carbonyl (C=O) groups excluding carboxylic acids is 5. The smallest absolute Gasteiger partial charge is 0.326 e. The molecule has 9 nitrogen and oxygen atoms in total. The van der Waals surface area contributed by atoms with E-state index in [4.69, 9.17) is 4.74 Å². The number of esters is 1. The number of hydrogen-bond acceptors (Lipinski definition) is 6. The molecule has 0 aromatic heterocycles. The van der Waals surface area contributed by atoms with Gasteiger partial charge in [-0.3, -0.25) is 29.0 Å². The molecule has 9 heteroatoms. The summed E-state index contributed by atoms with van der Waals surface area (Å²) in [5, 5.41) is 2.75. The van der Waals surface area contributed by atoms with E-state index >= 15 is 0 Å². The maximum absolute atomic E-state index is 12.7. The molecule has 2 saturated heterocycles. The molecule has 3 aliphatic rings. The standard InChI is InChI=1S/C17H23N3O6/c1-11-5-2-3-7-17(11)15(24)20(16(25)18-17)9-14(23)26-10-13(22)19-8-4-6-12(19)21/h11H,2-10H2,1H3,(H,18,25). The topological polar surface area (TPSA) is 113 Å². The molecule has 0 aromatic rings. The van der Waals surface area contributed by atoms with E-state index in [1.165, 1.54) is 0 Å². The van der Waals surface area contributed by atoms with E-state index < -0.39 is 42.5 Å². The van der Waals surface area contributed by atoms with Gasteiger partial charge in [-0.15, -0.1) is 0 Å². The van der Waals surface area contributed by atoms with Gasteiger partial charge in [0.05, 0.1) is 0 Å².